The van der Waals surface area contributed by atoms with Crippen molar-refractivity contribution < 1.29 is 95.9 Å². The van der Waals surface area contributed by atoms with Gasteiger partial charge in [0.1, 0.15) is 0 Å². The predicted octanol–water partition coefficient (Wildman–Crippen LogP) is -28.7. The molecule has 0 aromatic heterocycles. The maximum absolute atomic E-state index is 8.58. The summed E-state index contributed by atoms with van der Waals surface area (Å²) in [6.45, 7) is 0. The minimum absolute atomic E-state index is 0. The molecule has 0 unspecified atom stereocenters. The summed E-state index contributed by atoms with van der Waals surface area (Å²) < 4.78 is 0. The second-order valence-electron chi connectivity index (χ2n) is 2.50. The summed E-state index contributed by atoms with van der Waals surface area (Å²) in [5, 5.41) is 0. The molecular formula is Al4Ca4O20Si5. The molecule has 0 heterocycles. The van der Waals surface area contributed by atoms with Gasteiger partial charge in [-0.1, -0.05) is 0 Å². The molecule has 0 fully saturated rings. The van der Waals surface area contributed by atoms with E-state index >= 15 is 0 Å². The summed E-state index contributed by atoms with van der Waals surface area (Å²) in [6.07, 6.45) is 0. The molecule has 0 saturated heterocycles. The maximum Gasteiger partial charge on any atom is 3.00 e. The third kappa shape index (κ3) is 996. The molecular weight excluding hydrogens is 729 g/mol. The molecule has 0 saturated carbocycles. The first-order valence-corrected chi connectivity index (χ1v) is 12.2. The molecule has 0 atom stereocenters. The van der Waals surface area contributed by atoms with E-state index in [1.165, 1.54) is 0 Å². The first kappa shape index (κ1) is 83.5. The Hall–Kier alpha value is 7.45. The summed E-state index contributed by atoms with van der Waals surface area (Å²) in [5.41, 5.74) is 0. The van der Waals surface area contributed by atoms with Crippen LogP contribution >= 0.6 is 0 Å². The normalized spacial score (nSPS) is 9.09. The van der Waals surface area contributed by atoms with Gasteiger partial charge in [0.25, 0.3) is 0 Å². The second kappa shape index (κ2) is 41.6. The molecule has 160 valence electrons. The van der Waals surface area contributed by atoms with E-state index in [-0.39, 0.29) is 220 Å². The minimum Gasteiger partial charge on any atom is -0.894 e. The van der Waals surface area contributed by atoms with Gasteiger partial charge in [-0.25, -0.2) is 0 Å². The van der Waals surface area contributed by atoms with Crippen LogP contribution in [0.2, 0.25) is 0 Å². The Labute approximate surface area is 354 Å². The zero-order chi connectivity index (χ0) is 22.5. The third-order valence-electron chi connectivity index (χ3n) is 0. The fourth-order valence-electron chi connectivity index (χ4n) is 0. The Kier molecular flexibility index (Phi) is 105. The quantitative estimate of drug-likeness (QED) is 0.209. The molecule has 0 amide bonds. The van der Waals surface area contributed by atoms with Crippen molar-refractivity contribution in [3.63, 3.8) is 0 Å². The third-order valence-corrected chi connectivity index (χ3v) is 0. The van der Waals surface area contributed by atoms with Crippen LogP contribution in [0.1, 0.15) is 0 Å². The SMILES string of the molecule is [Al+3].[Al+3].[Al+3].[Al+3].[Ca+2].[Ca+2].[Ca+2].[Ca+2].[O-][Si]([O-])([O-])[O-].[O-][Si]([O-])([O-])[O-].[O-][Si]([O-])([O-])[O-].[O-][Si]([O-])([O-])[O-].[O-][Si]([O-])([O-])[O-]. The van der Waals surface area contributed by atoms with Gasteiger partial charge in [-0.15, -0.1) is 0 Å². The van der Waals surface area contributed by atoms with E-state index < -0.39 is 45.2 Å². The van der Waals surface area contributed by atoms with Crippen LogP contribution in [-0.4, -0.2) is 266 Å². The standard InChI is InChI=1S/4Al.4Ca.5O4Si/c;;;;;;;;5*1-5(2,3)4/q4*+3;4*+2;5*-4. The van der Waals surface area contributed by atoms with Crippen LogP contribution < -0.4 is 95.9 Å². The minimum atomic E-state index is -5.61. The fraction of sp³-hybridized carbons (Fsp3) is 0. The Bertz CT molecular complexity index is 200. The summed E-state index contributed by atoms with van der Waals surface area (Å²) in [4.78, 5) is 172. The summed E-state index contributed by atoms with van der Waals surface area (Å²) in [6, 6.07) is 0. The monoisotopic (exact) mass is 728 g/mol. The smallest absolute Gasteiger partial charge is 0.894 e. The van der Waals surface area contributed by atoms with Gasteiger partial charge in [-0.3, -0.25) is 0 Å². The predicted molar refractivity (Wildman–Crippen MR) is 74.8 cm³/mol. The van der Waals surface area contributed by atoms with Gasteiger partial charge in [0.05, 0.1) is 0 Å². The average molecular weight is 729 g/mol. The van der Waals surface area contributed by atoms with Crippen LogP contribution in [0.4, 0.5) is 0 Å². The summed E-state index contributed by atoms with van der Waals surface area (Å²) >= 11 is 0. The molecule has 0 radical (unpaired) electrons. The van der Waals surface area contributed by atoms with Crippen molar-refractivity contribution in [1.29, 1.82) is 0 Å². The summed E-state index contributed by atoms with van der Waals surface area (Å²) in [7, 11) is -28.1. The first-order valence-electron chi connectivity index (χ1n) is 4.08. The zero-order valence-corrected chi connectivity index (χ0v) is 34.3. The fourth-order valence-corrected chi connectivity index (χ4v) is 0. The van der Waals surface area contributed by atoms with Crippen LogP contribution in [-0.2, 0) is 0 Å². The van der Waals surface area contributed by atoms with Crippen molar-refractivity contribution in [1.82, 2.24) is 0 Å². The molecule has 0 bridgehead atoms. The van der Waals surface area contributed by atoms with Crippen LogP contribution in [0.25, 0.3) is 0 Å². The zero-order valence-electron chi connectivity index (χ0n) is 15.8. The average Bonchev–Trinajstić information content (AvgIpc) is 1.79. The van der Waals surface area contributed by atoms with Gasteiger partial charge in [-0.05, 0) is 0 Å². The number of hydrogen-bond acceptors (Lipinski definition) is 20. The van der Waals surface area contributed by atoms with Gasteiger partial charge in [-0.2, -0.15) is 0 Å². The maximum atomic E-state index is 8.58. The molecule has 0 aliphatic heterocycles. The van der Waals surface area contributed by atoms with Gasteiger partial charge in [0.15, 0.2) is 0 Å². The van der Waals surface area contributed by atoms with Crippen molar-refractivity contribution in [2.45, 2.75) is 0 Å². The van der Waals surface area contributed by atoms with Gasteiger partial charge in [0.2, 0.25) is 0 Å². The molecule has 0 aromatic carbocycles. The second-order valence-corrected chi connectivity index (χ2v) is 7.50. The topological polar surface area (TPSA) is 461 Å². The van der Waals surface area contributed by atoms with E-state index in [1.807, 2.05) is 0 Å². The van der Waals surface area contributed by atoms with Crippen LogP contribution in [0, 0.1) is 0 Å². The molecule has 33 heavy (non-hydrogen) atoms. The Morgan fingerprint density at radius 1 is 0.182 bits per heavy atom. The van der Waals surface area contributed by atoms with E-state index in [0.29, 0.717) is 0 Å². The van der Waals surface area contributed by atoms with Gasteiger partial charge in [0, 0.05) is 0 Å². The molecule has 0 spiro atoms. The number of hydrogen-bond donors (Lipinski definition) is 0. The summed E-state index contributed by atoms with van der Waals surface area (Å²) in [5.74, 6) is 0. The molecule has 0 aliphatic carbocycles. The Balaban J connectivity index is -0.0000000130. The molecule has 20 nitrogen and oxygen atoms in total. The van der Waals surface area contributed by atoms with Gasteiger partial charge < -0.3 is 141 Å². The van der Waals surface area contributed by atoms with Crippen LogP contribution in [0.15, 0.2) is 0 Å². The van der Waals surface area contributed by atoms with E-state index in [2.05, 4.69) is 0 Å². The first-order chi connectivity index (χ1) is 10.0. The van der Waals surface area contributed by atoms with Crippen LogP contribution in [0.5, 0.6) is 0 Å². The van der Waals surface area contributed by atoms with Crippen molar-refractivity contribution in [3.8, 4) is 0 Å². The van der Waals surface area contributed by atoms with E-state index in [9.17, 15) is 0 Å². The molecule has 0 N–H and O–H groups in total. The Morgan fingerprint density at radius 3 is 0.182 bits per heavy atom. The molecule has 0 rings (SSSR count). The van der Waals surface area contributed by atoms with E-state index in [4.69, 9.17) is 95.9 Å². The van der Waals surface area contributed by atoms with Gasteiger partial charge >= 0.3 is 220 Å². The van der Waals surface area contributed by atoms with Crippen molar-refractivity contribution >= 4 is 266 Å². The molecule has 0 aliphatic rings. The van der Waals surface area contributed by atoms with Crippen molar-refractivity contribution in [2.75, 3.05) is 0 Å². The molecule has 0 aromatic rings. The van der Waals surface area contributed by atoms with E-state index in [1.54, 1.807) is 0 Å². The largest absolute Gasteiger partial charge is 3.00 e. The van der Waals surface area contributed by atoms with Crippen molar-refractivity contribution in [3.05, 3.63) is 0 Å². The number of rotatable bonds is 0. The van der Waals surface area contributed by atoms with Crippen LogP contribution in [0.3, 0.4) is 0 Å². The van der Waals surface area contributed by atoms with Crippen molar-refractivity contribution in [2.24, 2.45) is 0 Å². The Morgan fingerprint density at radius 2 is 0.182 bits per heavy atom. The van der Waals surface area contributed by atoms with E-state index in [0.717, 1.165) is 0 Å². The molecule has 33 heteroatoms.